The van der Waals surface area contributed by atoms with E-state index in [0.29, 0.717) is 0 Å². The highest BCUT2D eigenvalue weighted by molar-refractivity contribution is 7.97. The van der Waals surface area contributed by atoms with Crippen LogP contribution in [-0.2, 0) is 5.75 Å². The van der Waals surface area contributed by atoms with E-state index >= 15 is 0 Å². The fourth-order valence-electron chi connectivity index (χ4n) is 1.61. The molecule has 18 heavy (non-hydrogen) atoms. The van der Waals surface area contributed by atoms with E-state index in [-0.39, 0.29) is 5.56 Å². The number of hydrogen-bond donors (Lipinski definition) is 0. The average molecular weight is 261 g/mol. The highest BCUT2D eigenvalue weighted by Gasteiger charge is 2.01. The Kier molecular flexibility index (Phi) is 4.10. The van der Waals surface area contributed by atoms with Gasteiger partial charge in [0.15, 0.2) is 0 Å². The van der Waals surface area contributed by atoms with Crippen LogP contribution < -0.4 is 10.3 Å². The molecule has 0 amide bonds. The second kappa shape index (κ2) is 5.78. The monoisotopic (exact) mass is 261 g/mol. The third-order valence-corrected chi connectivity index (χ3v) is 3.80. The molecule has 2 aromatic rings. The third kappa shape index (κ3) is 2.96. The highest BCUT2D eigenvalue weighted by atomic mass is 32.2. The molecule has 0 N–H and O–H groups in total. The summed E-state index contributed by atoms with van der Waals surface area (Å²) in [5, 5.41) is 0. The maximum Gasteiger partial charge on any atom is 0.260 e. The van der Waals surface area contributed by atoms with Crippen molar-refractivity contribution in [3.63, 3.8) is 0 Å². The Hall–Kier alpha value is -1.68. The van der Waals surface area contributed by atoms with Crippen molar-refractivity contribution in [3.8, 4) is 5.75 Å². The number of ether oxygens (including phenoxy) is 1. The van der Waals surface area contributed by atoms with E-state index in [9.17, 15) is 4.79 Å². The molecule has 3 nitrogen and oxygen atoms in total. The molecule has 0 atom stereocenters. The van der Waals surface area contributed by atoms with E-state index < -0.39 is 0 Å². The fraction of sp³-hybridized carbons (Fsp3) is 0.214. The second-order valence-electron chi connectivity index (χ2n) is 3.92. The Bertz CT molecular complexity index is 575. The summed E-state index contributed by atoms with van der Waals surface area (Å²) < 4.78 is 6.82. The zero-order chi connectivity index (χ0) is 13.0. The molecule has 0 saturated carbocycles. The van der Waals surface area contributed by atoms with E-state index in [1.807, 2.05) is 37.3 Å². The van der Waals surface area contributed by atoms with Crippen LogP contribution in [-0.4, -0.2) is 11.1 Å². The van der Waals surface area contributed by atoms with Gasteiger partial charge in [0.25, 0.3) is 5.56 Å². The van der Waals surface area contributed by atoms with E-state index in [4.69, 9.17) is 4.74 Å². The second-order valence-corrected chi connectivity index (χ2v) is 4.83. The fourth-order valence-corrected chi connectivity index (χ4v) is 2.53. The lowest BCUT2D eigenvalue weighted by atomic mass is 10.2. The van der Waals surface area contributed by atoms with Crippen molar-refractivity contribution in [2.75, 3.05) is 7.11 Å². The van der Waals surface area contributed by atoms with Crippen LogP contribution in [0.4, 0.5) is 0 Å². The van der Waals surface area contributed by atoms with Crippen LogP contribution in [0.15, 0.2) is 47.3 Å². The Balaban J connectivity index is 2.09. The van der Waals surface area contributed by atoms with Gasteiger partial charge in [0.05, 0.1) is 7.11 Å². The predicted octanol–water partition coefficient (Wildman–Crippen LogP) is 2.86. The normalized spacial score (nSPS) is 10.3. The molecule has 0 fully saturated rings. The molecular formula is C14H15NO2S. The van der Waals surface area contributed by atoms with Crippen molar-refractivity contribution >= 4 is 11.9 Å². The molecule has 0 radical (unpaired) electrons. The van der Waals surface area contributed by atoms with Gasteiger partial charge in [-0.25, -0.2) is 0 Å². The van der Waals surface area contributed by atoms with Gasteiger partial charge < -0.3 is 4.74 Å². The summed E-state index contributed by atoms with van der Waals surface area (Å²) >= 11 is 1.50. The molecule has 94 valence electrons. The molecular weight excluding hydrogens is 246 g/mol. The summed E-state index contributed by atoms with van der Waals surface area (Å²) in [6.07, 6.45) is 0. The summed E-state index contributed by atoms with van der Waals surface area (Å²) in [7, 11) is 1.65. The number of rotatable bonds is 4. The van der Waals surface area contributed by atoms with Gasteiger partial charge >= 0.3 is 0 Å². The van der Waals surface area contributed by atoms with Gasteiger partial charge in [-0.05, 0) is 42.6 Å². The van der Waals surface area contributed by atoms with Gasteiger partial charge in [-0.2, -0.15) is 0 Å². The van der Waals surface area contributed by atoms with Crippen LogP contribution in [0.2, 0.25) is 0 Å². The van der Waals surface area contributed by atoms with E-state index in [1.54, 1.807) is 23.2 Å². The summed E-state index contributed by atoms with van der Waals surface area (Å²) in [5.41, 5.74) is 2.14. The van der Waals surface area contributed by atoms with E-state index in [1.165, 1.54) is 11.9 Å². The molecule has 0 spiro atoms. The zero-order valence-corrected chi connectivity index (χ0v) is 11.2. The maximum atomic E-state index is 11.7. The Morgan fingerprint density at radius 2 is 1.89 bits per heavy atom. The van der Waals surface area contributed by atoms with Gasteiger partial charge in [-0.3, -0.25) is 8.77 Å². The first-order valence-electron chi connectivity index (χ1n) is 5.65. The molecule has 2 rings (SSSR count). The standard InChI is InChI=1S/C14H15NO2S/c1-11-4-3-5-14(16)15(11)18-10-12-6-8-13(17-2)9-7-12/h3-9H,10H2,1-2H3. The lowest BCUT2D eigenvalue weighted by Gasteiger charge is -2.08. The number of hydrogen-bond acceptors (Lipinski definition) is 3. The number of pyridine rings is 1. The Morgan fingerprint density at radius 3 is 2.50 bits per heavy atom. The SMILES string of the molecule is COc1ccc(CSn2c(C)cccc2=O)cc1. The van der Waals surface area contributed by atoms with Crippen molar-refractivity contribution in [1.29, 1.82) is 0 Å². The van der Waals surface area contributed by atoms with E-state index in [2.05, 4.69) is 0 Å². The lowest BCUT2D eigenvalue weighted by Crippen LogP contribution is -2.15. The first-order chi connectivity index (χ1) is 8.70. The van der Waals surface area contributed by atoms with Crippen LogP contribution in [0.5, 0.6) is 5.75 Å². The van der Waals surface area contributed by atoms with Crippen molar-refractivity contribution in [2.45, 2.75) is 12.7 Å². The highest BCUT2D eigenvalue weighted by Crippen LogP contribution is 2.17. The third-order valence-electron chi connectivity index (χ3n) is 2.62. The van der Waals surface area contributed by atoms with Gasteiger partial charge in [0, 0.05) is 17.5 Å². The number of nitrogens with zero attached hydrogens (tertiary/aromatic N) is 1. The summed E-state index contributed by atoms with van der Waals surface area (Å²) in [5.74, 6) is 1.60. The van der Waals surface area contributed by atoms with Crippen LogP contribution >= 0.6 is 11.9 Å². The first-order valence-corrected chi connectivity index (χ1v) is 6.60. The number of aryl methyl sites for hydroxylation is 1. The van der Waals surface area contributed by atoms with Crippen molar-refractivity contribution in [3.05, 3.63) is 64.1 Å². The molecule has 4 heteroatoms. The summed E-state index contributed by atoms with van der Waals surface area (Å²) in [4.78, 5) is 11.7. The predicted molar refractivity (Wildman–Crippen MR) is 75.1 cm³/mol. The molecule has 0 bridgehead atoms. The minimum atomic E-state index is 0.0218. The molecule has 1 aromatic carbocycles. The number of benzene rings is 1. The van der Waals surface area contributed by atoms with Crippen LogP contribution in [0.25, 0.3) is 0 Å². The summed E-state index contributed by atoms with van der Waals surface area (Å²) in [6.45, 7) is 1.93. The van der Waals surface area contributed by atoms with Gasteiger partial charge in [-0.1, -0.05) is 18.2 Å². The molecule has 1 heterocycles. The molecule has 0 unspecified atom stereocenters. The first kappa shape index (κ1) is 12.8. The average Bonchev–Trinajstić information content (AvgIpc) is 2.39. The zero-order valence-electron chi connectivity index (χ0n) is 10.4. The molecule has 0 aliphatic rings. The largest absolute Gasteiger partial charge is 0.497 e. The van der Waals surface area contributed by atoms with Crippen LogP contribution in [0.1, 0.15) is 11.3 Å². The van der Waals surface area contributed by atoms with Gasteiger partial charge in [0.1, 0.15) is 5.75 Å². The lowest BCUT2D eigenvalue weighted by molar-refractivity contribution is 0.414. The molecule has 0 aliphatic carbocycles. The topological polar surface area (TPSA) is 31.2 Å². The minimum absolute atomic E-state index is 0.0218. The van der Waals surface area contributed by atoms with E-state index in [0.717, 1.165) is 22.8 Å². The van der Waals surface area contributed by atoms with Crippen LogP contribution in [0.3, 0.4) is 0 Å². The molecule has 1 aromatic heterocycles. The van der Waals surface area contributed by atoms with Gasteiger partial charge in [0.2, 0.25) is 0 Å². The van der Waals surface area contributed by atoms with Gasteiger partial charge in [-0.15, -0.1) is 0 Å². The Morgan fingerprint density at radius 1 is 1.17 bits per heavy atom. The maximum absolute atomic E-state index is 11.7. The smallest absolute Gasteiger partial charge is 0.260 e. The summed E-state index contributed by atoms with van der Waals surface area (Å²) in [6, 6.07) is 13.2. The minimum Gasteiger partial charge on any atom is -0.497 e. The van der Waals surface area contributed by atoms with Crippen molar-refractivity contribution in [1.82, 2.24) is 3.97 Å². The molecule has 0 saturated heterocycles. The number of aromatic nitrogens is 1. The van der Waals surface area contributed by atoms with Crippen LogP contribution in [0, 0.1) is 6.92 Å². The Labute approximate surface area is 111 Å². The quantitative estimate of drug-likeness (QED) is 0.848. The van der Waals surface area contributed by atoms with Crippen molar-refractivity contribution in [2.24, 2.45) is 0 Å². The van der Waals surface area contributed by atoms with Crippen molar-refractivity contribution < 1.29 is 4.74 Å². The number of methoxy groups -OCH3 is 1. The molecule has 0 aliphatic heterocycles.